The first-order valence-corrected chi connectivity index (χ1v) is 7.57. The van der Waals surface area contributed by atoms with Gasteiger partial charge in [0.2, 0.25) is 0 Å². The topological polar surface area (TPSA) is 0 Å². The molecule has 19 heavy (non-hydrogen) atoms. The molecule has 0 nitrogen and oxygen atoms in total. The van der Waals surface area contributed by atoms with E-state index in [9.17, 15) is 0 Å². The summed E-state index contributed by atoms with van der Waals surface area (Å²) in [6, 6.07) is 14.8. The van der Waals surface area contributed by atoms with Gasteiger partial charge in [-0.3, -0.25) is 0 Å². The van der Waals surface area contributed by atoms with Crippen molar-refractivity contribution < 1.29 is 0 Å². The largest absolute Gasteiger partial charge is 0.0619 e. The minimum absolute atomic E-state index is 1.08. The number of benzene rings is 2. The Morgan fingerprint density at radius 3 is 2.63 bits per heavy atom. The average molecular weight is 247 g/mol. The molecule has 0 N–H and O–H groups in total. The summed E-state index contributed by atoms with van der Waals surface area (Å²) in [7, 11) is 0. The van der Waals surface area contributed by atoms with Crippen LogP contribution in [0.3, 0.4) is 0 Å². The summed E-state index contributed by atoms with van der Waals surface area (Å²) in [6.07, 6.45) is 9.09. The van der Waals surface area contributed by atoms with Gasteiger partial charge < -0.3 is 0 Å². The SMILES string of the molecule is [c]1cc2c(c3c1Cc1ccccc1-3)CCCCCC2. The lowest BCUT2D eigenvalue weighted by atomic mass is 9.87. The lowest BCUT2D eigenvalue weighted by molar-refractivity contribution is 0.617. The molecule has 0 fully saturated rings. The van der Waals surface area contributed by atoms with Crippen molar-refractivity contribution in [2.45, 2.75) is 44.9 Å². The number of hydrogen-bond acceptors (Lipinski definition) is 0. The van der Waals surface area contributed by atoms with Crippen LogP contribution in [-0.4, -0.2) is 0 Å². The first kappa shape index (κ1) is 11.3. The van der Waals surface area contributed by atoms with Crippen LogP contribution in [0.25, 0.3) is 11.1 Å². The minimum atomic E-state index is 1.08. The average Bonchev–Trinajstić information content (AvgIpc) is 2.77. The van der Waals surface area contributed by atoms with Gasteiger partial charge in [0, 0.05) is 0 Å². The van der Waals surface area contributed by atoms with Crippen molar-refractivity contribution in [1.29, 1.82) is 0 Å². The molecule has 0 spiro atoms. The van der Waals surface area contributed by atoms with Crippen LogP contribution in [-0.2, 0) is 19.3 Å². The number of hydrogen-bond donors (Lipinski definition) is 0. The first-order valence-electron chi connectivity index (χ1n) is 7.57. The molecular formula is C19H19. The fourth-order valence-corrected chi connectivity index (χ4v) is 3.73. The van der Waals surface area contributed by atoms with E-state index >= 15 is 0 Å². The monoisotopic (exact) mass is 247 g/mol. The van der Waals surface area contributed by atoms with Crippen molar-refractivity contribution >= 4 is 0 Å². The van der Waals surface area contributed by atoms with E-state index < -0.39 is 0 Å². The Morgan fingerprint density at radius 2 is 1.68 bits per heavy atom. The van der Waals surface area contributed by atoms with E-state index in [1.54, 1.807) is 11.1 Å². The lowest BCUT2D eigenvalue weighted by Crippen LogP contribution is -2.02. The number of fused-ring (bicyclic) bond motifs is 5. The van der Waals surface area contributed by atoms with Gasteiger partial charge in [-0.25, -0.2) is 0 Å². The normalized spacial score (nSPS) is 17.1. The Kier molecular flexibility index (Phi) is 2.69. The van der Waals surface area contributed by atoms with Crippen LogP contribution in [0.5, 0.6) is 0 Å². The van der Waals surface area contributed by atoms with Crippen LogP contribution in [0.1, 0.15) is 47.9 Å². The van der Waals surface area contributed by atoms with E-state index in [2.05, 4.69) is 36.4 Å². The third-order valence-electron chi connectivity index (χ3n) is 4.69. The van der Waals surface area contributed by atoms with Crippen LogP contribution in [0.2, 0.25) is 0 Å². The maximum absolute atomic E-state index is 3.57. The predicted molar refractivity (Wildman–Crippen MR) is 79.4 cm³/mol. The molecule has 0 bridgehead atoms. The second-order valence-corrected chi connectivity index (χ2v) is 5.89. The lowest BCUT2D eigenvalue weighted by Gasteiger charge is -2.18. The standard InChI is InChI=1S/C19H19/c1-2-4-9-17-14(7-3-1)11-12-16-13-15-8-5-6-10-18(15)19(16)17/h5-6,8,10-11H,1-4,7,9,13H2. The predicted octanol–water partition coefficient (Wildman–Crippen LogP) is 4.72. The van der Waals surface area contributed by atoms with Gasteiger partial charge in [-0.1, -0.05) is 43.2 Å². The Balaban J connectivity index is 1.92. The maximum atomic E-state index is 3.57. The zero-order valence-electron chi connectivity index (χ0n) is 11.3. The molecule has 0 saturated carbocycles. The number of rotatable bonds is 0. The van der Waals surface area contributed by atoms with E-state index in [1.807, 2.05) is 0 Å². The molecule has 0 saturated heterocycles. The third kappa shape index (κ3) is 1.82. The molecule has 2 aliphatic carbocycles. The fraction of sp³-hybridized carbons (Fsp3) is 0.368. The Labute approximate surface area is 115 Å². The highest BCUT2D eigenvalue weighted by Gasteiger charge is 2.23. The maximum Gasteiger partial charge on any atom is -0.000718 e. The van der Waals surface area contributed by atoms with Gasteiger partial charge in [0.25, 0.3) is 0 Å². The van der Waals surface area contributed by atoms with Crippen molar-refractivity contribution in [3.8, 4) is 11.1 Å². The summed E-state index contributed by atoms with van der Waals surface area (Å²) in [5.74, 6) is 0. The van der Waals surface area contributed by atoms with Crippen molar-refractivity contribution in [2.24, 2.45) is 0 Å². The summed E-state index contributed by atoms with van der Waals surface area (Å²) in [5.41, 5.74) is 9.14. The number of aryl methyl sites for hydroxylation is 1. The molecule has 2 aliphatic rings. The van der Waals surface area contributed by atoms with Gasteiger partial charge in [-0.2, -0.15) is 0 Å². The Morgan fingerprint density at radius 1 is 0.842 bits per heavy atom. The molecule has 0 atom stereocenters. The molecular weight excluding hydrogens is 228 g/mol. The third-order valence-corrected chi connectivity index (χ3v) is 4.69. The van der Waals surface area contributed by atoms with E-state index in [0.717, 1.165) is 6.42 Å². The zero-order valence-corrected chi connectivity index (χ0v) is 11.3. The highest BCUT2D eigenvalue weighted by atomic mass is 14.3. The first-order chi connectivity index (χ1) is 9.43. The second-order valence-electron chi connectivity index (χ2n) is 5.89. The van der Waals surface area contributed by atoms with Crippen LogP contribution >= 0.6 is 0 Å². The summed E-state index contributed by atoms with van der Waals surface area (Å²) in [6.45, 7) is 0. The van der Waals surface area contributed by atoms with E-state index in [1.165, 1.54) is 60.8 Å². The molecule has 0 heteroatoms. The summed E-state index contributed by atoms with van der Waals surface area (Å²) in [4.78, 5) is 0. The van der Waals surface area contributed by atoms with Gasteiger partial charge in [0.05, 0.1) is 0 Å². The van der Waals surface area contributed by atoms with Gasteiger partial charge >= 0.3 is 0 Å². The molecule has 0 unspecified atom stereocenters. The van der Waals surface area contributed by atoms with Crippen LogP contribution in [0.4, 0.5) is 0 Å². The quantitative estimate of drug-likeness (QED) is 0.539. The molecule has 0 amide bonds. The molecule has 1 radical (unpaired) electrons. The highest BCUT2D eigenvalue weighted by molar-refractivity contribution is 5.80. The van der Waals surface area contributed by atoms with Gasteiger partial charge in [0.15, 0.2) is 0 Å². The van der Waals surface area contributed by atoms with Crippen LogP contribution < -0.4 is 0 Å². The van der Waals surface area contributed by atoms with Crippen molar-refractivity contribution in [1.82, 2.24) is 0 Å². The van der Waals surface area contributed by atoms with E-state index in [-0.39, 0.29) is 0 Å². The summed E-state index contributed by atoms with van der Waals surface area (Å²) < 4.78 is 0. The van der Waals surface area contributed by atoms with Crippen molar-refractivity contribution in [2.75, 3.05) is 0 Å². The Hall–Kier alpha value is -1.56. The molecule has 0 aromatic heterocycles. The summed E-state index contributed by atoms with van der Waals surface area (Å²) in [5, 5.41) is 0. The van der Waals surface area contributed by atoms with Crippen molar-refractivity contribution in [3.63, 3.8) is 0 Å². The van der Waals surface area contributed by atoms with Crippen LogP contribution in [0.15, 0.2) is 30.3 Å². The molecule has 95 valence electrons. The van der Waals surface area contributed by atoms with E-state index in [0.29, 0.717) is 0 Å². The van der Waals surface area contributed by atoms with E-state index in [4.69, 9.17) is 0 Å². The van der Waals surface area contributed by atoms with Gasteiger partial charge in [-0.15, -0.1) is 0 Å². The summed E-state index contributed by atoms with van der Waals surface area (Å²) >= 11 is 0. The van der Waals surface area contributed by atoms with Crippen molar-refractivity contribution in [3.05, 3.63) is 58.7 Å². The molecule has 4 rings (SSSR count). The fourth-order valence-electron chi connectivity index (χ4n) is 3.73. The molecule has 2 aromatic rings. The minimum Gasteiger partial charge on any atom is -0.0619 e. The molecule has 2 aromatic carbocycles. The van der Waals surface area contributed by atoms with Crippen LogP contribution in [0, 0.1) is 6.07 Å². The smallest absolute Gasteiger partial charge is 0.000718 e. The van der Waals surface area contributed by atoms with Gasteiger partial charge in [0.1, 0.15) is 0 Å². The zero-order chi connectivity index (χ0) is 12.7. The molecule has 0 aliphatic heterocycles. The highest BCUT2D eigenvalue weighted by Crippen LogP contribution is 2.41. The van der Waals surface area contributed by atoms with Gasteiger partial charge in [-0.05, 0) is 71.6 Å². The molecule has 0 heterocycles. The Bertz CT molecular complexity index is 622. The second kappa shape index (κ2) is 4.52.